The molecule has 1 aromatic rings. The number of hydrogen-bond acceptors (Lipinski definition) is 3. The zero-order valence-corrected chi connectivity index (χ0v) is 15.4. The lowest BCUT2D eigenvalue weighted by atomic mass is 9.75. The highest BCUT2D eigenvalue weighted by Gasteiger charge is 2.50. The van der Waals surface area contributed by atoms with Crippen LogP contribution in [0.1, 0.15) is 50.7 Å². The number of esters is 1. The fraction of sp³-hybridized carbons (Fsp3) is 0.524. The third-order valence-corrected chi connectivity index (χ3v) is 5.55. The molecule has 0 atom stereocenters. The Morgan fingerprint density at radius 3 is 2.48 bits per heavy atom. The van der Waals surface area contributed by atoms with E-state index >= 15 is 0 Å². The number of amides is 1. The van der Waals surface area contributed by atoms with Gasteiger partial charge in [0.05, 0.1) is 5.57 Å². The maximum Gasteiger partial charge on any atom is 0.335 e. The molecule has 4 nitrogen and oxygen atoms in total. The lowest BCUT2D eigenvalue weighted by Gasteiger charge is -2.36. The molecule has 0 saturated heterocycles. The molecular weight excluding hydrogens is 314 g/mol. The molecule has 2 aliphatic rings. The minimum Gasteiger partial charge on any atom is -0.451 e. The summed E-state index contributed by atoms with van der Waals surface area (Å²) >= 11 is 0. The van der Waals surface area contributed by atoms with E-state index in [0.29, 0.717) is 23.6 Å². The van der Waals surface area contributed by atoms with Gasteiger partial charge < -0.3 is 10.1 Å². The summed E-state index contributed by atoms with van der Waals surface area (Å²) in [4.78, 5) is 24.9. The van der Waals surface area contributed by atoms with Crippen LogP contribution in [0.25, 0.3) is 0 Å². The summed E-state index contributed by atoms with van der Waals surface area (Å²) in [6.07, 6.45) is 4.24. The summed E-state index contributed by atoms with van der Waals surface area (Å²) in [6, 6.07) is 8.31. The highest BCUT2D eigenvalue weighted by Crippen LogP contribution is 2.45. The Morgan fingerprint density at radius 1 is 1.20 bits per heavy atom. The molecule has 4 heteroatoms. The number of carbonyl (C=O) groups is 2. The molecule has 1 fully saturated rings. The Hall–Kier alpha value is -2.10. The van der Waals surface area contributed by atoms with Gasteiger partial charge in [0.2, 0.25) is 0 Å². The van der Waals surface area contributed by atoms with Gasteiger partial charge in [-0.3, -0.25) is 4.79 Å². The molecule has 25 heavy (non-hydrogen) atoms. The van der Waals surface area contributed by atoms with Gasteiger partial charge >= 0.3 is 5.97 Å². The maximum atomic E-state index is 12.8. The minimum absolute atomic E-state index is 0.148. The van der Waals surface area contributed by atoms with Crippen molar-refractivity contribution in [2.75, 3.05) is 6.54 Å². The number of aryl methyl sites for hydroxylation is 1. The number of rotatable bonds is 4. The number of benzene rings is 1. The van der Waals surface area contributed by atoms with Gasteiger partial charge in [-0.15, -0.1) is 0 Å². The normalized spacial score (nSPS) is 26.0. The summed E-state index contributed by atoms with van der Waals surface area (Å²) in [6.45, 7) is 6.53. The Morgan fingerprint density at radius 2 is 1.84 bits per heavy atom. The molecule has 1 N–H and O–H groups in total. The van der Waals surface area contributed by atoms with Crippen LogP contribution in [-0.2, 0) is 20.7 Å². The zero-order chi connectivity index (χ0) is 18.0. The van der Waals surface area contributed by atoms with E-state index in [2.05, 4.69) is 43.4 Å². The Kier molecular flexibility index (Phi) is 4.98. The smallest absolute Gasteiger partial charge is 0.335 e. The Balaban J connectivity index is 1.66. The average molecular weight is 341 g/mol. The molecule has 1 aliphatic heterocycles. The fourth-order valence-electron chi connectivity index (χ4n) is 3.87. The number of hydrogen-bond donors (Lipinski definition) is 1. The van der Waals surface area contributed by atoms with Crippen LogP contribution in [0.3, 0.4) is 0 Å². The average Bonchev–Trinajstić information content (AvgIpc) is 2.83. The molecule has 0 unspecified atom stereocenters. The molecule has 1 amide bonds. The molecule has 1 saturated carbocycles. The van der Waals surface area contributed by atoms with Crippen LogP contribution in [0.15, 0.2) is 35.4 Å². The first-order valence-electron chi connectivity index (χ1n) is 9.20. The van der Waals surface area contributed by atoms with Crippen LogP contribution in [-0.4, -0.2) is 24.0 Å². The predicted octanol–water partition coefficient (Wildman–Crippen LogP) is 3.48. The van der Waals surface area contributed by atoms with Gasteiger partial charge in [0.25, 0.3) is 5.91 Å². The van der Waals surface area contributed by atoms with E-state index < -0.39 is 5.60 Å². The van der Waals surface area contributed by atoms with Gasteiger partial charge in [-0.25, -0.2) is 4.79 Å². The Bertz CT molecular complexity index is 694. The molecule has 0 radical (unpaired) electrons. The van der Waals surface area contributed by atoms with Crippen molar-refractivity contribution in [2.45, 2.75) is 58.5 Å². The fourth-order valence-corrected chi connectivity index (χ4v) is 3.87. The van der Waals surface area contributed by atoms with Crippen molar-refractivity contribution in [3.05, 3.63) is 46.5 Å². The molecule has 1 heterocycles. The number of carbonyl (C=O) groups excluding carboxylic acids is 2. The van der Waals surface area contributed by atoms with E-state index in [9.17, 15) is 9.59 Å². The van der Waals surface area contributed by atoms with Gasteiger partial charge in [-0.2, -0.15) is 0 Å². The van der Waals surface area contributed by atoms with E-state index in [0.717, 1.165) is 32.1 Å². The van der Waals surface area contributed by atoms with E-state index in [-0.39, 0.29) is 11.9 Å². The summed E-state index contributed by atoms with van der Waals surface area (Å²) in [5, 5.41) is 2.99. The van der Waals surface area contributed by atoms with Gasteiger partial charge in [-0.05, 0) is 57.4 Å². The second-order valence-corrected chi connectivity index (χ2v) is 7.56. The van der Waals surface area contributed by atoms with Gasteiger partial charge in [0, 0.05) is 12.1 Å². The van der Waals surface area contributed by atoms with Crippen molar-refractivity contribution in [3.8, 4) is 0 Å². The standard InChI is InChI=1S/C21H27NO3/c1-14-4-6-17(7-5-14)10-13-22-19(23)18-16(3)20(24)25-21(18)11-8-15(2)9-12-21/h4-7,15H,8-13H2,1-3H3,(H,22,23). The van der Waals surface area contributed by atoms with E-state index in [4.69, 9.17) is 4.74 Å². The molecule has 1 spiro atoms. The largest absolute Gasteiger partial charge is 0.451 e. The first kappa shape index (κ1) is 17.7. The molecule has 1 aliphatic carbocycles. The quantitative estimate of drug-likeness (QED) is 0.853. The summed E-state index contributed by atoms with van der Waals surface area (Å²) in [7, 11) is 0. The summed E-state index contributed by atoms with van der Waals surface area (Å²) in [5.74, 6) is 0.138. The second-order valence-electron chi connectivity index (χ2n) is 7.56. The zero-order valence-electron chi connectivity index (χ0n) is 15.4. The van der Waals surface area contributed by atoms with Crippen LogP contribution >= 0.6 is 0 Å². The predicted molar refractivity (Wildman–Crippen MR) is 97.0 cm³/mol. The van der Waals surface area contributed by atoms with Gasteiger partial charge in [0.15, 0.2) is 0 Å². The first-order chi connectivity index (χ1) is 11.9. The van der Waals surface area contributed by atoms with E-state index in [1.807, 2.05) is 0 Å². The monoisotopic (exact) mass is 341 g/mol. The molecule has 3 rings (SSSR count). The topological polar surface area (TPSA) is 55.4 Å². The number of ether oxygens (including phenoxy) is 1. The van der Waals surface area contributed by atoms with Crippen LogP contribution in [0.2, 0.25) is 0 Å². The van der Waals surface area contributed by atoms with Crippen molar-refractivity contribution < 1.29 is 14.3 Å². The van der Waals surface area contributed by atoms with Crippen LogP contribution in [0, 0.1) is 12.8 Å². The molecule has 1 aromatic carbocycles. The molecule has 0 aromatic heterocycles. The van der Waals surface area contributed by atoms with Crippen molar-refractivity contribution >= 4 is 11.9 Å². The second kappa shape index (κ2) is 7.03. The van der Waals surface area contributed by atoms with Crippen molar-refractivity contribution in [1.29, 1.82) is 0 Å². The van der Waals surface area contributed by atoms with E-state index in [1.54, 1.807) is 6.92 Å². The van der Waals surface area contributed by atoms with Crippen LogP contribution in [0.4, 0.5) is 0 Å². The summed E-state index contributed by atoms with van der Waals surface area (Å²) in [5.41, 5.74) is 2.76. The molecule has 134 valence electrons. The third kappa shape index (κ3) is 3.63. The van der Waals surface area contributed by atoms with Crippen LogP contribution in [0.5, 0.6) is 0 Å². The van der Waals surface area contributed by atoms with Gasteiger partial charge in [0.1, 0.15) is 5.60 Å². The Labute approximate surface area is 149 Å². The lowest BCUT2D eigenvalue weighted by molar-refractivity contribution is -0.150. The SMILES string of the molecule is CC1=C(C(=O)NCCc2ccc(C)cc2)C2(CCC(C)CC2)OC1=O. The lowest BCUT2D eigenvalue weighted by Crippen LogP contribution is -2.42. The maximum absolute atomic E-state index is 12.8. The first-order valence-corrected chi connectivity index (χ1v) is 9.20. The highest BCUT2D eigenvalue weighted by molar-refractivity contribution is 6.07. The van der Waals surface area contributed by atoms with Gasteiger partial charge in [-0.1, -0.05) is 36.8 Å². The van der Waals surface area contributed by atoms with Crippen molar-refractivity contribution in [2.24, 2.45) is 5.92 Å². The van der Waals surface area contributed by atoms with Crippen molar-refractivity contribution in [1.82, 2.24) is 5.32 Å². The van der Waals surface area contributed by atoms with Crippen LogP contribution < -0.4 is 5.32 Å². The molecular formula is C21H27NO3. The molecule has 0 bridgehead atoms. The van der Waals surface area contributed by atoms with E-state index in [1.165, 1.54) is 11.1 Å². The minimum atomic E-state index is -0.693. The summed E-state index contributed by atoms with van der Waals surface area (Å²) < 4.78 is 5.69. The highest BCUT2D eigenvalue weighted by atomic mass is 16.6. The number of nitrogens with one attached hydrogen (secondary N) is 1. The van der Waals surface area contributed by atoms with Crippen molar-refractivity contribution in [3.63, 3.8) is 0 Å². The third-order valence-electron chi connectivity index (χ3n) is 5.55.